The second-order valence-corrected chi connectivity index (χ2v) is 14.9. The normalized spacial score (nSPS) is 16.0. The molecule has 6 aromatic rings. The number of thiophene rings is 2. The van der Waals surface area contributed by atoms with E-state index in [4.69, 9.17) is 25.4 Å². The molecule has 236 valence electrons. The fraction of sp³-hybridized carbons (Fsp3) is 0.108. The first-order valence-electron chi connectivity index (χ1n) is 15.0. The average Bonchev–Trinajstić information content (AvgIpc) is 3.75. The molecule has 1 unspecified atom stereocenters. The number of halogens is 1. The van der Waals surface area contributed by atoms with Gasteiger partial charge in [-0.15, -0.1) is 27.4 Å². The van der Waals surface area contributed by atoms with E-state index in [2.05, 4.69) is 28.5 Å². The highest BCUT2D eigenvalue weighted by atomic mass is 35.5. The zero-order valence-electron chi connectivity index (χ0n) is 25.1. The molecule has 0 aliphatic carbocycles. The number of fused-ring (bicyclic) bond motifs is 1. The van der Waals surface area contributed by atoms with E-state index < -0.39 is 7.75 Å². The Balaban J connectivity index is 1.39. The van der Waals surface area contributed by atoms with E-state index in [9.17, 15) is 9.67 Å². The molecule has 4 aromatic carbocycles. The Morgan fingerprint density at radius 1 is 0.851 bits per heavy atom. The number of hydrogen-bond donors (Lipinski definition) is 1. The topological polar surface area (TPSA) is 71.4 Å². The molecule has 0 fully saturated rings. The predicted molar refractivity (Wildman–Crippen MR) is 194 cm³/mol. The fourth-order valence-corrected chi connectivity index (χ4v) is 9.18. The van der Waals surface area contributed by atoms with Gasteiger partial charge in [-0.25, -0.2) is 4.57 Å². The monoisotopic (exact) mass is 696 g/mol. The molecular weight excluding hydrogens is 667 g/mol. The number of nitrogens with zero attached hydrogens (tertiary/aromatic N) is 2. The fourth-order valence-electron chi connectivity index (χ4n) is 5.52. The van der Waals surface area contributed by atoms with Crippen LogP contribution in [0.4, 0.5) is 0 Å². The third kappa shape index (κ3) is 7.08. The number of rotatable bonds is 10. The average molecular weight is 697 g/mol. The summed E-state index contributed by atoms with van der Waals surface area (Å²) in [5.74, 6) is 1.32. The molecule has 0 radical (unpaired) electrons. The van der Waals surface area contributed by atoms with Gasteiger partial charge in [0.2, 0.25) is 0 Å². The van der Waals surface area contributed by atoms with Crippen molar-refractivity contribution in [1.82, 2.24) is 4.90 Å². The molecule has 1 N–H and O–H groups in total. The van der Waals surface area contributed by atoms with Gasteiger partial charge in [0.1, 0.15) is 17.3 Å². The van der Waals surface area contributed by atoms with Gasteiger partial charge >= 0.3 is 7.75 Å². The van der Waals surface area contributed by atoms with Gasteiger partial charge in [-0.05, 0) is 58.5 Å². The van der Waals surface area contributed by atoms with Gasteiger partial charge in [0.05, 0.1) is 24.2 Å². The number of hydrogen-bond acceptors (Lipinski definition) is 6. The van der Waals surface area contributed by atoms with Gasteiger partial charge in [0, 0.05) is 26.3 Å². The molecule has 1 aliphatic heterocycles. The van der Waals surface area contributed by atoms with Crippen molar-refractivity contribution in [2.75, 3.05) is 0 Å². The van der Waals surface area contributed by atoms with Crippen molar-refractivity contribution in [2.45, 2.75) is 25.6 Å². The maximum absolute atomic E-state index is 14.8. The number of amidine groups is 1. The minimum Gasteiger partial charge on any atom is -0.399 e. The van der Waals surface area contributed by atoms with Crippen LogP contribution < -0.4 is 9.05 Å². The number of para-hydroxylation sites is 2. The highest BCUT2D eigenvalue weighted by Gasteiger charge is 2.36. The first kappa shape index (κ1) is 31.4. The lowest BCUT2D eigenvalue weighted by atomic mass is 9.93. The second-order valence-electron chi connectivity index (χ2n) is 10.9. The van der Waals surface area contributed by atoms with Crippen LogP contribution in [-0.4, -0.2) is 15.8 Å². The largest absolute Gasteiger partial charge is 0.564 e. The summed E-state index contributed by atoms with van der Waals surface area (Å²) in [4.78, 5) is 4.24. The van der Waals surface area contributed by atoms with Crippen molar-refractivity contribution in [1.29, 1.82) is 0 Å². The number of aliphatic hydroxyl groups excluding tert-OH is 1. The van der Waals surface area contributed by atoms with E-state index in [1.807, 2.05) is 84.9 Å². The molecule has 2 aromatic heterocycles. The zero-order valence-corrected chi connectivity index (χ0v) is 28.4. The molecule has 0 saturated carbocycles. The van der Waals surface area contributed by atoms with E-state index in [-0.39, 0.29) is 12.6 Å². The summed E-state index contributed by atoms with van der Waals surface area (Å²) in [5, 5.41) is 13.4. The molecule has 0 amide bonds. The van der Waals surface area contributed by atoms with Crippen molar-refractivity contribution >= 4 is 63.5 Å². The Morgan fingerprint density at radius 2 is 1.51 bits per heavy atom. The Morgan fingerprint density at radius 3 is 2.13 bits per heavy atom. The summed E-state index contributed by atoms with van der Waals surface area (Å²) in [6.07, 6.45) is 2.60. The highest BCUT2D eigenvalue weighted by Crippen LogP contribution is 2.52. The molecule has 0 saturated heterocycles. The number of benzene rings is 4. The molecule has 1 atom stereocenters. The highest BCUT2D eigenvalue weighted by molar-refractivity contribution is 7.53. The van der Waals surface area contributed by atoms with E-state index in [1.54, 1.807) is 46.9 Å². The minimum atomic E-state index is -4.19. The van der Waals surface area contributed by atoms with E-state index in [1.165, 1.54) is 0 Å². The van der Waals surface area contributed by atoms with Crippen LogP contribution in [0.2, 0.25) is 5.02 Å². The SMILES string of the molecule is O=P(/N=C1/CC(c2ccc(CO)cc2)=CC(c2cccs2)N1Cc1sc2ccccc2c1Cl)(Oc1ccccc1)Oc1ccccc1. The van der Waals surface area contributed by atoms with Crippen LogP contribution in [-0.2, 0) is 17.7 Å². The maximum atomic E-state index is 14.8. The van der Waals surface area contributed by atoms with Crippen LogP contribution in [0.1, 0.15) is 33.3 Å². The standard InChI is InChI=1S/C37H30ClN2O4PS2/c38-37-31-14-7-8-15-33(31)47-35(37)24-40-32(34-16-9-21-46-34)22-28(27-19-17-26(25-41)18-20-27)23-36(40)39-45(42,43-29-10-3-1-4-11-29)44-30-12-5-2-6-13-30/h1-22,32,41H,23-25H2/b39-36-. The van der Waals surface area contributed by atoms with E-state index >= 15 is 0 Å². The van der Waals surface area contributed by atoms with Gasteiger partial charge in [-0.2, -0.15) is 0 Å². The van der Waals surface area contributed by atoms with Crippen molar-refractivity contribution < 1.29 is 18.7 Å². The van der Waals surface area contributed by atoms with Gasteiger partial charge in [-0.3, -0.25) is 0 Å². The summed E-state index contributed by atoms with van der Waals surface area (Å²) >= 11 is 10.3. The van der Waals surface area contributed by atoms with Crippen LogP contribution in [0.3, 0.4) is 0 Å². The lowest BCUT2D eigenvalue weighted by molar-refractivity contribution is 0.282. The number of aliphatic hydroxyl groups is 1. The van der Waals surface area contributed by atoms with Gasteiger partial charge in [-0.1, -0.05) is 103 Å². The lowest BCUT2D eigenvalue weighted by Gasteiger charge is -2.37. The molecule has 7 rings (SSSR count). The Bertz CT molecular complexity index is 2040. The van der Waals surface area contributed by atoms with E-state index in [0.717, 1.165) is 36.5 Å². The van der Waals surface area contributed by atoms with Crippen molar-refractivity contribution in [3.8, 4) is 11.5 Å². The van der Waals surface area contributed by atoms with Crippen LogP contribution in [0.25, 0.3) is 15.7 Å². The van der Waals surface area contributed by atoms with Crippen molar-refractivity contribution in [2.24, 2.45) is 4.76 Å². The predicted octanol–water partition coefficient (Wildman–Crippen LogP) is 10.8. The van der Waals surface area contributed by atoms with Gasteiger partial charge in [0.15, 0.2) is 0 Å². The Kier molecular flexibility index (Phi) is 9.30. The second kappa shape index (κ2) is 13.9. The summed E-state index contributed by atoms with van der Waals surface area (Å²) in [5.41, 5.74) is 2.82. The lowest BCUT2D eigenvalue weighted by Crippen LogP contribution is -2.36. The third-order valence-corrected chi connectivity index (χ3v) is 11.8. The minimum absolute atomic E-state index is 0.0373. The van der Waals surface area contributed by atoms with Gasteiger partial charge in [0.25, 0.3) is 0 Å². The molecule has 47 heavy (non-hydrogen) atoms. The smallest absolute Gasteiger partial charge is 0.399 e. The summed E-state index contributed by atoms with van der Waals surface area (Å²) in [7, 11) is -4.19. The molecular formula is C37H30ClN2O4PS2. The van der Waals surface area contributed by atoms with Crippen molar-refractivity contribution in [3.63, 3.8) is 0 Å². The van der Waals surface area contributed by atoms with Gasteiger partial charge < -0.3 is 19.1 Å². The first-order valence-corrected chi connectivity index (χ1v) is 18.6. The summed E-state index contributed by atoms with van der Waals surface area (Å²) < 4.78 is 33.1. The zero-order chi connectivity index (χ0) is 32.2. The quantitative estimate of drug-likeness (QED) is 0.144. The molecule has 0 bridgehead atoms. The molecule has 10 heteroatoms. The Labute approximate surface area is 286 Å². The third-order valence-electron chi connectivity index (χ3n) is 7.80. The summed E-state index contributed by atoms with van der Waals surface area (Å²) in [6.45, 7) is 0.397. The van der Waals surface area contributed by atoms with Crippen LogP contribution >= 0.6 is 42.0 Å². The maximum Gasteiger partial charge on any atom is 0.564 e. The Hall–Kier alpha value is -4.17. The van der Waals surface area contributed by atoms with Crippen LogP contribution in [0, 0.1) is 0 Å². The van der Waals surface area contributed by atoms with Crippen molar-refractivity contribution in [3.05, 3.63) is 159 Å². The van der Waals surface area contributed by atoms with Crippen LogP contribution in [0.5, 0.6) is 11.5 Å². The molecule has 1 aliphatic rings. The van der Waals surface area contributed by atoms with E-state index in [0.29, 0.717) is 35.3 Å². The molecule has 6 nitrogen and oxygen atoms in total. The molecule has 3 heterocycles. The summed E-state index contributed by atoms with van der Waals surface area (Å²) in [6, 6.07) is 37.8. The first-order chi connectivity index (χ1) is 23.0. The van der Waals surface area contributed by atoms with Crippen LogP contribution in [0.15, 0.2) is 138 Å². The molecule has 0 spiro atoms.